The van der Waals surface area contributed by atoms with E-state index in [-0.39, 0.29) is 22.5 Å². The van der Waals surface area contributed by atoms with E-state index in [0.29, 0.717) is 44.6 Å². The molecule has 0 aliphatic rings. The van der Waals surface area contributed by atoms with Crippen LogP contribution in [0.4, 0.5) is 0 Å². The van der Waals surface area contributed by atoms with E-state index in [1.807, 2.05) is 24.3 Å². The van der Waals surface area contributed by atoms with Crippen molar-refractivity contribution in [1.82, 2.24) is 5.32 Å². The summed E-state index contributed by atoms with van der Waals surface area (Å²) < 4.78 is 5.09. The van der Waals surface area contributed by atoms with Crippen LogP contribution in [0, 0.1) is 0 Å². The first-order valence-electron chi connectivity index (χ1n) is 11.8. The number of hydrogen-bond donors (Lipinski definition) is 3. The van der Waals surface area contributed by atoms with E-state index in [1.165, 1.54) is 0 Å². The van der Waals surface area contributed by atoms with E-state index in [2.05, 4.69) is 46.9 Å². The fraction of sp³-hybridized carbons (Fsp3) is 0.536. The number of phenolic OH excluding ortho intramolecular Hbond substituents is 2. The van der Waals surface area contributed by atoms with Crippen LogP contribution in [0.5, 0.6) is 11.5 Å². The standard InChI is InChI=1S/C28H41NO4/c1-27(2,3)22-17-20(18-23(26(22)32)28(4,5)6)9-11-25(31)29-14-12-19-8-10-24(30)21(16-19)13-15-33-7/h8,10,16-18,30,32H,9,11-15H2,1-7H3,(H,29,31). The number of aromatic hydroxyl groups is 2. The number of carbonyl (C=O) groups is 1. The lowest BCUT2D eigenvalue weighted by molar-refractivity contribution is -0.121. The number of carbonyl (C=O) groups excluding carboxylic acids is 1. The van der Waals surface area contributed by atoms with Crippen LogP contribution in [0.3, 0.4) is 0 Å². The average Bonchev–Trinajstić information content (AvgIpc) is 2.71. The van der Waals surface area contributed by atoms with E-state index in [0.717, 1.165) is 27.8 Å². The molecule has 0 spiro atoms. The number of methoxy groups -OCH3 is 1. The molecule has 0 atom stereocenters. The highest BCUT2D eigenvalue weighted by Crippen LogP contribution is 2.40. The van der Waals surface area contributed by atoms with E-state index in [1.54, 1.807) is 13.2 Å². The lowest BCUT2D eigenvalue weighted by Crippen LogP contribution is -2.26. The Hall–Kier alpha value is -2.53. The van der Waals surface area contributed by atoms with Gasteiger partial charge < -0.3 is 20.3 Å². The average molecular weight is 456 g/mol. The van der Waals surface area contributed by atoms with Crippen molar-refractivity contribution >= 4 is 5.91 Å². The van der Waals surface area contributed by atoms with Crippen LogP contribution in [-0.4, -0.2) is 36.4 Å². The Morgan fingerprint density at radius 2 is 1.48 bits per heavy atom. The molecular formula is C28H41NO4. The molecule has 182 valence electrons. The molecule has 0 radical (unpaired) electrons. The quantitative estimate of drug-likeness (QED) is 0.487. The number of nitrogens with one attached hydrogen (secondary N) is 1. The number of rotatable bonds is 9. The molecule has 33 heavy (non-hydrogen) atoms. The molecule has 2 rings (SSSR count). The number of amides is 1. The number of ether oxygens (including phenoxy) is 1. The van der Waals surface area contributed by atoms with Crippen LogP contribution in [0.1, 0.15) is 75.8 Å². The van der Waals surface area contributed by atoms with E-state index in [4.69, 9.17) is 4.74 Å². The van der Waals surface area contributed by atoms with Crippen molar-refractivity contribution in [3.8, 4) is 11.5 Å². The van der Waals surface area contributed by atoms with Gasteiger partial charge in [-0.3, -0.25) is 4.79 Å². The van der Waals surface area contributed by atoms with Crippen molar-refractivity contribution in [2.45, 2.75) is 78.1 Å². The minimum Gasteiger partial charge on any atom is -0.508 e. The molecule has 0 unspecified atom stereocenters. The zero-order chi connectivity index (χ0) is 24.8. The Labute approximate surface area is 199 Å². The molecule has 0 aliphatic heterocycles. The van der Waals surface area contributed by atoms with Gasteiger partial charge in [-0.15, -0.1) is 0 Å². The second-order valence-corrected chi connectivity index (χ2v) is 10.8. The van der Waals surface area contributed by atoms with E-state index in [9.17, 15) is 15.0 Å². The summed E-state index contributed by atoms with van der Waals surface area (Å²) >= 11 is 0. The summed E-state index contributed by atoms with van der Waals surface area (Å²) in [4.78, 5) is 12.5. The van der Waals surface area contributed by atoms with Gasteiger partial charge in [0.2, 0.25) is 5.91 Å². The molecule has 1 amide bonds. The van der Waals surface area contributed by atoms with Gasteiger partial charge in [0, 0.05) is 20.1 Å². The van der Waals surface area contributed by atoms with Crippen molar-refractivity contribution in [2.24, 2.45) is 0 Å². The third-order valence-electron chi connectivity index (χ3n) is 5.88. The third kappa shape index (κ3) is 7.78. The Kier molecular flexibility index (Phi) is 8.96. The van der Waals surface area contributed by atoms with Crippen LogP contribution in [0.15, 0.2) is 30.3 Å². The minimum atomic E-state index is -0.186. The summed E-state index contributed by atoms with van der Waals surface area (Å²) in [6.07, 6.45) is 2.38. The fourth-order valence-electron chi connectivity index (χ4n) is 3.88. The molecule has 0 aromatic heterocycles. The monoisotopic (exact) mass is 455 g/mol. The van der Waals surface area contributed by atoms with Crippen LogP contribution >= 0.6 is 0 Å². The number of hydrogen-bond acceptors (Lipinski definition) is 4. The highest BCUT2D eigenvalue weighted by atomic mass is 16.5. The molecule has 0 aliphatic carbocycles. The summed E-state index contributed by atoms with van der Waals surface area (Å²) in [5.41, 5.74) is 4.46. The van der Waals surface area contributed by atoms with Gasteiger partial charge in [-0.05, 0) is 64.0 Å². The summed E-state index contributed by atoms with van der Waals surface area (Å²) in [5.74, 6) is 0.649. The van der Waals surface area contributed by atoms with Gasteiger partial charge in [-0.2, -0.15) is 0 Å². The zero-order valence-electron chi connectivity index (χ0n) is 21.3. The molecule has 0 fully saturated rings. The maximum atomic E-state index is 12.5. The summed E-state index contributed by atoms with van der Waals surface area (Å²) in [6.45, 7) is 13.7. The maximum Gasteiger partial charge on any atom is 0.220 e. The van der Waals surface area contributed by atoms with Crippen molar-refractivity contribution in [3.05, 3.63) is 58.1 Å². The largest absolute Gasteiger partial charge is 0.508 e. The second-order valence-electron chi connectivity index (χ2n) is 10.8. The normalized spacial score (nSPS) is 12.1. The van der Waals surface area contributed by atoms with Gasteiger partial charge >= 0.3 is 0 Å². The third-order valence-corrected chi connectivity index (χ3v) is 5.88. The Balaban J connectivity index is 1.98. The molecule has 0 saturated carbocycles. The molecule has 5 heteroatoms. The van der Waals surface area contributed by atoms with E-state index >= 15 is 0 Å². The van der Waals surface area contributed by atoms with Gasteiger partial charge in [0.25, 0.3) is 0 Å². The Bertz CT molecular complexity index is 916. The Morgan fingerprint density at radius 3 is 2.03 bits per heavy atom. The first-order valence-corrected chi connectivity index (χ1v) is 11.8. The molecule has 0 heterocycles. The molecule has 0 bridgehead atoms. The van der Waals surface area contributed by atoms with Gasteiger partial charge in [-0.1, -0.05) is 65.8 Å². The lowest BCUT2D eigenvalue weighted by Gasteiger charge is -2.28. The first kappa shape index (κ1) is 26.7. The maximum absolute atomic E-state index is 12.5. The summed E-state index contributed by atoms with van der Waals surface area (Å²) in [5, 5.41) is 23.8. The van der Waals surface area contributed by atoms with Gasteiger partial charge in [0.05, 0.1) is 6.61 Å². The molecular weight excluding hydrogens is 414 g/mol. The van der Waals surface area contributed by atoms with Gasteiger partial charge in [0.1, 0.15) is 11.5 Å². The van der Waals surface area contributed by atoms with Crippen molar-refractivity contribution < 1.29 is 19.7 Å². The number of phenols is 2. The Morgan fingerprint density at radius 1 is 0.879 bits per heavy atom. The predicted molar refractivity (Wildman–Crippen MR) is 134 cm³/mol. The molecule has 2 aromatic carbocycles. The molecule has 5 nitrogen and oxygen atoms in total. The summed E-state index contributed by atoms with van der Waals surface area (Å²) in [7, 11) is 1.64. The number of aryl methyl sites for hydroxylation is 1. The van der Waals surface area contributed by atoms with Crippen molar-refractivity contribution in [2.75, 3.05) is 20.3 Å². The highest BCUT2D eigenvalue weighted by molar-refractivity contribution is 5.76. The second kappa shape index (κ2) is 11.1. The minimum absolute atomic E-state index is 0.0103. The van der Waals surface area contributed by atoms with Crippen LogP contribution < -0.4 is 5.32 Å². The van der Waals surface area contributed by atoms with E-state index < -0.39 is 0 Å². The van der Waals surface area contributed by atoms with Crippen molar-refractivity contribution in [3.63, 3.8) is 0 Å². The van der Waals surface area contributed by atoms with Crippen LogP contribution in [0.2, 0.25) is 0 Å². The lowest BCUT2D eigenvalue weighted by atomic mass is 9.78. The van der Waals surface area contributed by atoms with Crippen molar-refractivity contribution in [1.29, 1.82) is 0 Å². The SMILES string of the molecule is COCCc1cc(CCNC(=O)CCc2cc(C(C)(C)C)c(O)c(C(C)(C)C)c2)ccc1O. The summed E-state index contributed by atoms with van der Waals surface area (Å²) in [6, 6.07) is 9.63. The fourth-order valence-corrected chi connectivity index (χ4v) is 3.88. The molecule has 2 aromatic rings. The topological polar surface area (TPSA) is 78.8 Å². The van der Waals surface area contributed by atoms with Gasteiger partial charge in [-0.25, -0.2) is 0 Å². The van der Waals surface area contributed by atoms with Crippen LogP contribution in [-0.2, 0) is 39.6 Å². The first-order chi connectivity index (χ1) is 15.3. The van der Waals surface area contributed by atoms with Gasteiger partial charge in [0.15, 0.2) is 0 Å². The smallest absolute Gasteiger partial charge is 0.220 e. The highest BCUT2D eigenvalue weighted by Gasteiger charge is 2.26. The number of benzene rings is 2. The predicted octanol–water partition coefficient (Wildman–Crippen LogP) is 5.17. The zero-order valence-corrected chi connectivity index (χ0v) is 21.3. The van der Waals surface area contributed by atoms with Crippen LogP contribution in [0.25, 0.3) is 0 Å². The molecule has 3 N–H and O–H groups in total. The molecule has 0 saturated heterocycles.